The maximum atomic E-state index is 12.7. The number of H-pyrrole nitrogens is 1. The molecular weight excluding hydrogens is 354 g/mol. The molecule has 0 radical (unpaired) electrons. The molecule has 5 aromatic carbocycles. The third kappa shape index (κ3) is 2.39. The van der Waals surface area contributed by atoms with Crippen molar-refractivity contribution in [3.8, 4) is 11.1 Å². The van der Waals surface area contributed by atoms with Gasteiger partial charge in [-0.25, -0.2) is 0 Å². The number of fused-ring (bicyclic) bond motifs is 6. The van der Waals surface area contributed by atoms with Crippen molar-refractivity contribution < 1.29 is 0 Å². The first kappa shape index (κ1) is 16.1. The lowest BCUT2D eigenvalue weighted by molar-refractivity contribution is 1.34. The van der Waals surface area contributed by atoms with Crippen LogP contribution >= 0.6 is 0 Å². The monoisotopic (exact) mass is 371 g/mol. The lowest BCUT2D eigenvalue weighted by atomic mass is 9.93. The molecule has 0 unspecified atom stereocenters. The first-order valence-electron chi connectivity index (χ1n) is 9.75. The zero-order valence-electron chi connectivity index (χ0n) is 15.6. The second-order valence-electron chi connectivity index (χ2n) is 7.45. The van der Waals surface area contributed by atoms with Crippen LogP contribution < -0.4 is 5.56 Å². The summed E-state index contributed by atoms with van der Waals surface area (Å²) >= 11 is 0. The summed E-state index contributed by atoms with van der Waals surface area (Å²) in [7, 11) is 0. The summed E-state index contributed by atoms with van der Waals surface area (Å²) in [6.07, 6.45) is 0. The third-order valence-electron chi connectivity index (χ3n) is 5.81. The van der Waals surface area contributed by atoms with E-state index in [-0.39, 0.29) is 5.56 Å². The van der Waals surface area contributed by atoms with Gasteiger partial charge in [-0.15, -0.1) is 0 Å². The minimum absolute atomic E-state index is 0.0493. The van der Waals surface area contributed by atoms with Gasteiger partial charge in [0.05, 0.1) is 0 Å². The SMILES string of the molecule is O=c1[nH]c2ccccc2c2c(-c3ccc4ccc5ccccc5c4c3)cccc12. The van der Waals surface area contributed by atoms with Crippen LogP contribution in [0.1, 0.15) is 0 Å². The number of benzene rings is 5. The molecule has 0 atom stereocenters. The van der Waals surface area contributed by atoms with E-state index in [1.165, 1.54) is 21.5 Å². The number of para-hydroxylation sites is 1. The smallest absolute Gasteiger partial charge is 0.256 e. The van der Waals surface area contributed by atoms with Crippen LogP contribution in [0.3, 0.4) is 0 Å². The van der Waals surface area contributed by atoms with Gasteiger partial charge in [-0.05, 0) is 50.9 Å². The molecule has 1 heterocycles. The van der Waals surface area contributed by atoms with E-state index in [4.69, 9.17) is 0 Å². The minimum atomic E-state index is -0.0493. The van der Waals surface area contributed by atoms with E-state index in [0.717, 1.165) is 32.8 Å². The van der Waals surface area contributed by atoms with Gasteiger partial charge in [0.15, 0.2) is 0 Å². The van der Waals surface area contributed by atoms with E-state index in [1.54, 1.807) is 0 Å². The van der Waals surface area contributed by atoms with Gasteiger partial charge in [-0.3, -0.25) is 4.79 Å². The number of rotatable bonds is 1. The number of aromatic nitrogens is 1. The summed E-state index contributed by atoms with van der Waals surface area (Å²) in [6.45, 7) is 0. The Kier molecular flexibility index (Phi) is 3.35. The van der Waals surface area contributed by atoms with Gasteiger partial charge < -0.3 is 4.98 Å². The van der Waals surface area contributed by atoms with Gasteiger partial charge in [-0.2, -0.15) is 0 Å². The molecule has 0 aliphatic carbocycles. The normalized spacial score (nSPS) is 11.6. The van der Waals surface area contributed by atoms with Crippen LogP contribution in [0.25, 0.3) is 54.3 Å². The van der Waals surface area contributed by atoms with Gasteiger partial charge in [0.25, 0.3) is 5.56 Å². The van der Waals surface area contributed by atoms with Crippen molar-refractivity contribution in [2.45, 2.75) is 0 Å². The summed E-state index contributed by atoms with van der Waals surface area (Å²) in [6, 6.07) is 33.4. The predicted octanol–water partition coefficient (Wildman–Crippen LogP) is 6.65. The van der Waals surface area contributed by atoms with Crippen LogP contribution in [0.15, 0.2) is 102 Å². The Labute approximate surface area is 167 Å². The zero-order valence-corrected chi connectivity index (χ0v) is 15.6. The number of hydrogen-bond acceptors (Lipinski definition) is 1. The molecule has 1 aromatic heterocycles. The van der Waals surface area contributed by atoms with Crippen LogP contribution in [0.4, 0.5) is 0 Å². The first-order valence-corrected chi connectivity index (χ1v) is 9.75. The molecule has 136 valence electrons. The molecule has 2 heteroatoms. The largest absolute Gasteiger partial charge is 0.321 e. The second-order valence-corrected chi connectivity index (χ2v) is 7.45. The van der Waals surface area contributed by atoms with Crippen molar-refractivity contribution in [1.29, 1.82) is 0 Å². The molecule has 0 saturated heterocycles. The minimum Gasteiger partial charge on any atom is -0.321 e. The molecule has 0 spiro atoms. The maximum absolute atomic E-state index is 12.7. The highest BCUT2D eigenvalue weighted by molar-refractivity contribution is 6.14. The van der Waals surface area contributed by atoms with Crippen molar-refractivity contribution in [3.63, 3.8) is 0 Å². The fourth-order valence-electron chi connectivity index (χ4n) is 4.44. The van der Waals surface area contributed by atoms with Crippen LogP contribution in [0.5, 0.6) is 0 Å². The fourth-order valence-corrected chi connectivity index (χ4v) is 4.44. The van der Waals surface area contributed by atoms with Crippen molar-refractivity contribution >= 4 is 43.2 Å². The summed E-state index contributed by atoms with van der Waals surface area (Å²) in [5, 5.41) is 7.72. The third-order valence-corrected chi connectivity index (χ3v) is 5.81. The van der Waals surface area contributed by atoms with E-state index < -0.39 is 0 Å². The lowest BCUT2D eigenvalue weighted by Crippen LogP contribution is -2.06. The van der Waals surface area contributed by atoms with Crippen LogP contribution in [0.2, 0.25) is 0 Å². The van der Waals surface area contributed by atoms with Gasteiger partial charge in [0, 0.05) is 21.7 Å². The highest BCUT2D eigenvalue weighted by Crippen LogP contribution is 2.35. The van der Waals surface area contributed by atoms with Crippen LogP contribution in [-0.4, -0.2) is 4.98 Å². The topological polar surface area (TPSA) is 32.9 Å². The molecule has 0 aliphatic heterocycles. The molecule has 0 saturated carbocycles. The molecule has 29 heavy (non-hydrogen) atoms. The number of hydrogen-bond donors (Lipinski definition) is 1. The van der Waals surface area contributed by atoms with Crippen LogP contribution in [-0.2, 0) is 0 Å². The van der Waals surface area contributed by atoms with Crippen molar-refractivity contribution in [2.75, 3.05) is 0 Å². The molecule has 1 N–H and O–H groups in total. The summed E-state index contributed by atoms with van der Waals surface area (Å²) in [5.41, 5.74) is 3.02. The zero-order chi connectivity index (χ0) is 19.4. The average Bonchev–Trinajstić information content (AvgIpc) is 2.78. The van der Waals surface area contributed by atoms with Crippen LogP contribution in [0, 0.1) is 0 Å². The number of pyridine rings is 1. The fraction of sp³-hybridized carbons (Fsp3) is 0. The molecular formula is C27H17NO. The van der Waals surface area contributed by atoms with Gasteiger partial charge >= 0.3 is 0 Å². The molecule has 6 rings (SSSR count). The Balaban J connectivity index is 1.75. The molecule has 0 aliphatic rings. The van der Waals surface area contributed by atoms with E-state index in [2.05, 4.69) is 71.7 Å². The van der Waals surface area contributed by atoms with E-state index >= 15 is 0 Å². The molecule has 2 nitrogen and oxygen atoms in total. The van der Waals surface area contributed by atoms with Gasteiger partial charge in [0.2, 0.25) is 0 Å². The Hall–Kier alpha value is -3.91. The second kappa shape index (κ2) is 6.05. The molecule has 0 fully saturated rings. The predicted molar refractivity (Wildman–Crippen MR) is 123 cm³/mol. The first-order chi connectivity index (χ1) is 14.3. The Bertz CT molecular complexity index is 1630. The Morgan fingerprint density at radius 3 is 2.14 bits per heavy atom. The van der Waals surface area contributed by atoms with E-state index in [1.807, 2.05) is 30.3 Å². The highest BCUT2D eigenvalue weighted by Gasteiger charge is 2.11. The lowest BCUT2D eigenvalue weighted by Gasteiger charge is -2.12. The maximum Gasteiger partial charge on any atom is 0.256 e. The van der Waals surface area contributed by atoms with Crippen molar-refractivity contribution in [1.82, 2.24) is 4.98 Å². The summed E-state index contributed by atoms with van der Waals surface area (Å²) < 4.78 is 0. The van der Waals surface area contributed by atoms with Crippen molar-refractivity contribution in [3.05, 3.63) is 107 Å². The Morgan fingerprint density at radius 2 is 1.24 bits per heavy atom. The van der Waals surface area contributed by atoms with Gasteiger partial charge in [0.1, 0.15) is 0 Å². The standard InChI is InChI=1S/C27H17NO/c29-27-23-10-5-9-21(26(23)22-8-3-4-11-25(22)28-27)19-15-14-18-13-12-17-6-1-2-7-20(17)24(18)16-19/h1-16H,(H,28,29). The van der Waals surface area contributed by atoms with E-state index in [9.17, 15) is 4.79 Å². The summed E-state index contributed by atoms with van der Waals surface area (Å²) in [4.78, 5) is 15.7. The summed E-state index contributed by atoms with van der Waals surface area (Å²) in [5.74, 6) is 0. The van der Waals surface area contributed by atoms with Crippen molar-refractivity contribution in [2.24, 2.45) is 0 Å². The average molecular weight is 371 g/mol. The molecule has 0 bridgehead atoms. The number of aromatic amines is 1. The van der Waals surface area contributed by atoms with E-state index in [0.29, 0.717) is 0 Å². The Morgan fingerprint density at radius 1 is 0.552 bits per heavy atom. The quantitative estimate of drug-likeness (QED) is 0.322. The molecule has 6 aromatic rings. The molecule has 0 amide bonds. The highest BCUT2D eigenvalue weighted by atomic mass is 16.1. The van der Waals surface area contributed by atoms with Gasteiger partial charge in [-0.1, -0.05) is 78.9 Å². The number of nitrogens with one attached hydrogen (secondary N) is 1.